The molecule has 0 radical (unpaired) electrons. The Kier molecular flexibility index (Phi) is 5.28. The SMILES string of the molecule is CC(=O)CS(=O)(=O)C/C(C)=C/Cc1ccccc1. The summed E-state index contributed by atoms with van der Waals surface area (Å²) >= 11 is 0. The van der Waals surface area contributed by atoms with Crippen molar-refractivity contribution in [3.63, 3.8) is 0 Å². The molecule has 98 valence electrons. The molecule has 18 heavy (non-hydrogen) atoms. The summed E-state index contributed by atoms with van der Waals surface area (Å²) in [6.45, 7) is 3.07. The van der Waals surface area contributed by atoms with Crippen LogP contribution in [0.5, 0.6) is 0 Å². The lowest BCUT2D eigenvalue weighted by atomic mass is 10.1. The van der Waals surface area contributed by atoms with Crippen molar-refractivity contribution in [2.24, 2.45) is 0 Å². The molecule has 0 atom stereocenters. The zero-order valence-electron chi connectivity index (χ0n) is 10.7. The van der Waals surface area contributed by atoms with Gasteiger partial charge in [-0.2, -0.15) is 0 Å². The van der Waals surface area contributed by atoms with E-state index in [1.54, 1.807) is 6.92 Å². The first kappa shape index (κ1) is 14.6. The maximum Gasteiger partial charge on any atom is 0.161 e. The van der Waals surface area contributed by atoms with Crippen molar-refractivity contribution in [3.8, 4) is 0 Å². The fourth-order valence-corrected chi connectivity index (χ4v) is 3.21. The van der Waals surface area contributed by atoms with Gasteiger partial charge in [-0.1, -0.05) is 42.0 Å². The molecule has 1 aromatic carbocycles. The number of Topliss-reactive ketones (excluding diaryl/α,β-unsaturated/α-hetero) is 1. The Balaban J connectivity index is 2.60. The third-order valence-electron chi connectivity index (χ3n) is 2.40. The number of allylic oxidation sites excluding steroid dienone is 1. The molecule has 0 aliphatic carbocycles. The molecular weight excluding hydrogens is 248 g/mol. The number of carbonyl (C=O) groups is 1. The highest BCUT2D eigenvalue weighted by atomic mass is 32.2. The molecule has 0 N–H and O–H groups in total. The van der Waals surface area contributed by atoms with Gasteiger partial charge in [0.2, 0.25) is 0 Å². The van der Waals surface area contributed by atoms with Gasteiger partial charge in [-0.05, 0) is 25.8 Å². The number of carbonyl (C=O) groups excluding carboxylic acids is 1. The minimum absolute atomic E-state index is 0.0422. The van der Waals surface area contributed by atoms with Gasteiger partial charge in [0.15, 0.2) is 9.84 Å². The fourth-order valence-electron chi connectivity index (χ4n) is 1.67. The molecule has 0 unspecified atom stereocenters. The highest BCUT2D eigenvalue weighted by Crippen LogP contribution is 2.06. The van der Waals surface area contributed by atoms with Crippen LogP contribution < -0.4 is 0 Å². The van der Waals surface area contributed by atoms with E-state index in [0.29, 0.717) is 6.42 Å². The van der Waals surface area contributed by atoms with E-state index in [2.05, 4.69) is 0 Å². The standard InChI is InChI=1S/C14H18O3S/c1-12(10-18(16,17)11-13(2)15)8-9-14-6-4-3-5-7-14/h3-8H,9-11H2,1-2H3/b12-8+. The second-order valence-corrected chi connectivity index (χ2v) is 6.54. The molecule has 0 fully saturated rings. The molecule has 0 aromatic heterocycles. The molecule has 4 heteroatoms. The van der Waals surface area contributed by atoms with Crippen LogP contribution in [0.4, 0.5) is 0 Å². The van der Waals surface area contributed by atoms with Crippen molar-refractivity contribution in [1.29, 1.82) is 0 Å². The van der Waals surface area contributed by atoms with E-state index >= 15 is 0 Å². The Bertz CT molecular complexity index is 527. The molecule has 0 spiro atoms. The summed E-state index contributed by atoms with van der Waals surface area (Å²) in [5, 5.41) is 0. The highest BCUT2D eigenvalue weighted by molar-refractivity contribution is 7.92. The molecule has 0 aliphatic heterocycles. The Morgan fingerprint density at radius 1 is 1.11 bits per heavy atom. The summed E-state index contributed by atoms with van der Waals surface area (Å²) in [4.78, 5) is 10.8. The maximum atomic E-state index is 11.6. The quantitative estimate of drug-likeness (QED) is 0.742. The van der Waals surface area contributed by atoms with E-state index in [4.69, 9.17) is 0 Å². The minimum Gasteiger partial charge on any atom is -0.299 e. The van der Waals surface area contributed by atoms with E-state index in [0.717, 1.165) is 11.1 Å². The summed E-state index contributed by atoms with van der Waals surface area (Å²) in [5.74, 6) is -0.728. The molecule has 1 rings (SSSR count). The van der Waals surface area contributed by atoms with Gasteiger partial charge in [-0.3, -0.25) is 4.79 Å². The second-order valence-electron chi connectivity index (χ2n) is 4.47. The van der Waals surface area contributed by atoms with Gasteiger partial charge in [-0.15, -0.1) is 0 Å². The first-order valence-corrected chi connectivity index (χ1v) is 7.60. The van der Waals surface area contributed by atoms with Crippen LogP contribution in [-0.2, 0) is 21.1 Å². The molecular formula is C14H18O3S. The van der Waals surface area contributed by atoms with Gasteiger partial charge in [0, 0.05) is 0 Å². The van der Waals surface area contributed by atoms with Crippen molar-refractivity contribution in [2.75, 3.05) is 11.5 Å². The molecule has 0 bridgehead atoms. The molecule has 0 saturated heterocycles. The van der Waals surface area contributed by atoms with E-state index in [1.165, 1.54) is 6.92 Å². The van der Waals surface area contributed by atoms with E-state index < -0.39 is 9.84 Å². The van der Waals surface area contributed by atoms with Crippen molar-refractivity contribution >= 4 is 15.6 Å². The van der Waals surface area contributed by atoms with Gasteiger partial charge in [0.25, 0.3) is 0 Å². The third-order valence-corrected chi connectivity index (χ3v) is 4.14. The van der Waals surface area contributed by atoms with Crippen LogP contribution in [0.3, 0.4) is 0 Å². The predicted octanol–water partition coefficient (Wildman–Crippen LogP) is 2.18. The predicted molar refractivity (Wildman–Crippen MR) is 73.2 cm³/mol. The van der Waals surface area contributed by atoms with Crippen LogP contribution in [-0.4, -0.2) is 25.7 Å². The highest BCUT2D eigenvalue weighted by Gasteiger charge is 2.13. The summed E-state index contributed by atoms with van der Waals surface area (Å²) < 4.78 is 23.2. The Morgan fingerprint density at radius 2 is 1.72 bits per heavy atom. The molecule has 0 aliphatic rings. The zero-order valence-corrected chi connectivity index (χ0v) is 11.5. The van der Waals surface area contributed by atoms with Gasteiger partial charge >= 0.3 is 0 Å². The lowest BCUT2D eigenvalue weighted by molar-refractivity contribution is -0.114. The lowest BCUT2D eigenvalue weighted by Crippen LogP contribution is -2.17. The molecule has 0 heterocycles. The van der Waals surface area contributed by atoms with Gasteiger partial charge in [0.1, 0.15) is 11.5 Å². The van der Waals surface area contributed by atoms with Gasteiger partial charge in [0.05, 0.1) is 5.75 Å². The van der Waals surface area contributed by atoms with E-state index in [-0.39, 0.29) is 17.3 Å². The number of sulfone groups is 1. The number of hydrogen-bond acceptors (Lipinski definition) is 3. The van der Waals surface area contributed by atoms with Crippen molar-refractivity contribution < 1.29 is 13.2 Å². The van der Waals surface area contributed by atoms with Crippen molar-refractivity contribution in [3.05, 3.63) is 47.5 Å². The second kappa shape index (κ2) is 6.50. The average Bonchev–Trinajstić information content (AvgIpc) is 2.25. The topological polar surface area (TPSA) is 51.2 Å². The number of benzene rings is 1. The van der Waals surface area contributed by atoms with Crippen molar-refractivity contribution in [2.45, 2.75) is 20.3 Å². The minimum atomic E-state index is -3.30. The monoisotopic (exact) mass is 266 g/mol. The largest absolute Gasteiger partial charge is 0.299 e. The van der Waals surface area contributed by atoms with Crippen LogP contribution in [0.15, 0.2) is 42.0 Å². The normalized spacial score (nSPS) is 12.4. The average molecular weight is 266 g/mol. The zero-order chi connectivity index (χ0) is 13.6. The van der Waals surface area contributed by atoms with Crippen molar-refractivity contribution in [1.82, 2.24) is 0 Å². The van der Waals surface area contributed by atoms with Gasteiger partial charge < -0.3 is 0 Å². The van der Waals surface area contributed by atoms with Crippen LogP contribution >= 0.6 is 0 Å². The first-order valence-electron chi connectivity index (χ1n) is 5.78. The molecule has 0 amide bonds. The van der Waals surface area contributed by atoms with Gasteiger partial charge in [-0.25, -0.2) is 8.42 Å². The summed E-state index contributed by atoms with van der Waals surface area (Å²) in [6, 6.07) is 9.83. The first-order chi connectivity index (χ1) is 8.39. The maximum absolute atomic E-state index is 11.6. The molecule has 3 nitrogen and oxygen atoms in total. The Hall–Kier alpha value is -1.42. The van der Waals surface area contributed by atoms with Crippen LogP contribution in [0, 0.1) is 0 Å². The smallest absolute Gasteiger partial charge is 0.161 e. The summed E-state index contributed by atoms with van der Waals surface area (Å²) in [6.07, 6.45) is 2.61. The number of hydrogen-bond donors (Lipinski definition) is 0. The summed E-state index contributed by atoms with van der Waals surface area (Å²) in [7, 11) is -3.30. The van der Waals surface area contributed by atoms with E-state index in [9.17, 15) is 13.2 Å². The fraction of sp³-hybridized carbons (Fsp3) is 0.357. The van der Waals surface area contributed by atoms with Crippen LogP contribution in [0.25, 0.3) is 0 Å². The number of rotatable bonds is 6. The van der Waals surface area contributed by atoms with E-state index in [1.807, 2.05) is 36.4 Å². The molecule has 0 saturated carbocycles. The number of ketones is 1. The van der Waals surface area contributed by atoms with Crippen LogP contribution in [0.2, 0.25) is 0 Å². The van der Waals surface area contributed by atoms with Crippen LogP contribution in [0.1, 0.15) is 19.4 Å². The summed E-state index contributed by atoms with van der Waals surface area (Å²) in [5.41, 5.74) is 1.92. The Morgan fingerprint density at radius 3 is 2.28 bits per heavy atom. The Labute approximate surface area is 108 Å². The molecule has 1 aromatic rings. The third kappa shape index (κ3) is 5.77. The lowest BCUT2D eigenvalue weighted by Gasteiger charge is -2.03.